The lowest BCUT2D eigenvalue weighted by Crippen LogP contribution is -2.22. The first-order valence-electron chi connectivity index (χ1n) is 8.21. The molecule has 0 radical (unpaired) electrons. The molecule has 3 aromatic rings. The van der Waals surface area contributed by atoms with Crippen LogP contribution in [0.15, 0.2) is 78.9 Å². The van der Waals surface area contributed by atoms with Gasteiger partial charge in [-0.05, 0) is 42.0 Å². The summed E-state index contributed by atoms with van der Waals surface area (Å²) in [5.74, 6) is -0.366. The SMILES string of the molecule is Cl.Nc1ccccc1NC(=O)c1ccc(CNC(=O)c2ccccc2)cc1. The van der Waals surface area contributed by atoms with E-state index in [1.54, 1.807) is 36.4 Å². The predicted octanol–water partition coefficient (Wildman–Crippen LogP) is 3.87. The van der Waals surface area contributed by atoms with E-state index in [0.29, 0.717) is 29.0 Å². The van der Waals surface area contributed by atoms with Crippen LogP contribution >= 0.6 is 12.4 Å². The summed E-state index contributed by atoms with van der Waals surface area (Å²) in [6, 6.07) is 23.2. The maximum atomic E-state index is 12.3. The molecule has 0 aliphatic rings. The summed E-state index contributed by atoms with van der Waals surface area (Å²) in [5.41, 5.74) is 8.97. The fourth-order valence-electron chi connectivity index (χ4n) is 2.45. The normalized spacial score (nSPS) is 9.78. The lowest BCUT2D eigenvalue weighted by molar-refractivity contribution is 0.0950. The van der Waals surface area contributed by atoms with E-state index in [1.807, 2.05) is 42.5 Å². The minimum absolute atomic E-state index is 0. The van der Waals surface area contributed by atoms with Gasteiger partial charge in [0, 0.05) is 17.7 Å². The second-order valence-electron chi connectivity index (χ2n) is 5.79. The topological polar surface area (TPSA) is 84.2 Å². The molecule has 0 bridgehead atoms. The third-order valence-electron chi connectivity index (χ3n) is 3.91. The lowest BCUT2D eigenvalue weighted by atomic mass is 10.1. The number of halogens is 1. The highest BCUT2D eigenvalue weighted by molar-refractivity contribution is 6.05. The monoisotopic (exact) mass is 381 g/mol. The third-order valence-corrected chi connectivity index (χ3v) is 3.91. The van der Waals surface area contributed by atoms with Gasteiger partial charge >= 0.3 is 0 Å². The van der Waals surface area contributed by atoms with Gasteiger partial charge in [0.2, 0.25) is 0 Å². The molecule has 27 heavy (non-hydrogen) atoms. The molecule has 3 aromatic carbocycles. The number of nitrogen functional groups attached to an aromatic ring is 1. The van der Waals surface area contributed by atoms with Crippen LogP contribution in [0.2, 0.25) is 0 Å². The molecule has 0 aliphatic carbocycles. The van der Waals surface area contributed by atoms with E-state index < -0.39 is 0 Å². The van der Waals surface area contributed by atoms with Crippen molar-refractivity contribution in [3.05, 3.63) is 95.6 Å². The Bertz CT molecular complexity index is 912. The average Bonchev–Trinajstić information content (AvgIpc) is 2.69. The molecular weight excluding hydrogens is 362 g/mol. The number of nitrogens with two attached hydrogens (primary N) is 1. The van der Waals surface area contributed by atoms with E-state index in [2.05, 4.69) is 10.6 Å². The van der Waals surface area contributed by atoms with E-state index in [0.717, 1.165) is 5.56 Å². The Labute approximate surface area is 164 Å². The first-order chi connectivity index (χ1) is 12.6. The molecule has 6 heteroatoms. The van der Waals surface area contributed by atoms with Crippen LogP contribution in [0.25, 0.3) is 0 Å². The second kappa shape index (κ2) is 9.40. The quantitative estimate of drug-likeness (QED) is 0.586. The number of hydrogen-bond donors (Lipinski definition) is 3. The summed E-state index contributed by atoms with van der Waals surface area (Å²) in [5, 5.41) is 5.64. The fraction of sp³-hybridized carbons (Fsp3) is 0.0476. The summed E-state index contributed by atoms with van der Waals surface area (Å²) in [7, 11) is 0. The number of carbonyl (C=O) groups excluding carboxylic acids is 2. The number of carbonyl (C=O) groups is 2. The molecule has 0 saturated heterocycles. The molecule has 0 aliphatic heterocycles. The zero-order valence-electron chi connectivity index (χ0n) is 14.5. The first-order valence-corrected chi connectivity index (χ1v) is 8.21. The van der Waals surface area contributed by atoms with Crippen molar-refractivity contribution in [2.75, 3.05) is 11.1 Å². The molecule has 4 N–H and O–H groups in total. The number of anilines is 2. The number of nitrogens with one attached hydrogen (secondary N) is 2. The molecule has 5 nitrogen and oxygen atoms in total. The molecule has 0 unspecified atom stereocenters. The molecule has 138 valence electrons. The number of benzene rings is 3. The van der Waals surface area contributed by atoms with E-state index >= 15 is 0 Å². The largest absolute Gasteiger partial charge is 0.397 e. The van der Waals surface area contributed by atoms with Gasteiger partial charge in [0.1, 0.15) is 0 Å². The van der Waals surface area contributed by atoms with Crippen molar-refractivity contribution in [3.8, 4) is 0 Å². The molecule has 0 spiro atoms. The van der Waals surface area contributed by atoms with Gasteiger partial charge < -0.3 is 16.4 Å². The van der Waals surface area contributed by atoms with Gasteiger partial charge in [-0.1, -0.05) is 42.5 Å². The molecule has 2 amide bonds. The fourth-order valence-corrected chi connectivity index (χ4v) is 2.45. The highest BCUT2D eigenvalue weighted by Crippen LogP contribution is 2.18. The van der Waals surface area contributed by atoms with Crippen molar-refractivity contribution in [3.63, 3.8) is 0 Å². The molecule has 0 atom stereocenters. The van der Waals surface area contributed by atoms with Crippen LogP contribution in [0.3, 0.4) is 0 Å². The number of amides is 2. The second-order valence-corrected chi connectivity index (χ2v) is 5.79. The van der Waals surface area contributed by atoms with Crippen molar-refractivity contribution in [1.82, 2.24) is 5.32 Å². The molecule has 0 heterocycles. The summed E-state index contributed by atoms with van der Waals surface area (Å²) in [6.07, 6.45) is 0. The zero-order valence-corrected chi connectivity index (χ0v) is 15.3. The van der Waals surface area contributed by atoms with Crippen molar-refractivity contribution in [1.29, 1.82) is 0 Å². The van der Waals surface area contributed by atoms with Gasteiger partial charge in [-0.25, -0.2) is 0 Å². The van der Waals surface area contributed by atoms with Gasteiger partial charge in [-0.2, -0.15) is 0 Å². The Kier molecular flexibility index (Phi) is 6.97. The Morgan fingerprint density at radius 3 is 2.00 bits per heavy atom. The zero-order chi connectivity index (χ0) is 18.4. The van der Waals surface area contributed by atoms with E-state index in [-0.39, 0.29) is 24.2 Å². The minimum atomic E-state index is -0.234. The Morgan fingerprint density at radius 1 is 0.741 bits per heavy atom. The Morgan fingerprint density at radius 2 is 1.33 bits per heavy atom. The van der Waals surface area contributed by atoms with Gasteiger partial charge in [-0.3, -0.25) is 9.59 Å². The summed E-state index contributed by atoms with van der Waals surface area (Å²) in [6.45, 7) is 0.390. The van der Waals surface area contributed by atoms with Crippen molar-refractivity contribution in [2.24, 2.45) is 0 Å². The number of hydrogen-bond acceptors (Lipinski definition) is 3. The molecule has 0 aromatic heterocycles. The van der Waals surface area contributed by atoms with Gasteiger partial charge in [0.15, 0.2) is 0 Å². The average molecular weight is 382 g/mol. The van der Waals surface area contributed by atoms with Crippen LogP contribution in [0.4, 0.5) is 11.4 Å². The first kappa shape index (κ1) is 20.0. The standard InChI is InChI=1S/C21H19N3O2.ClH/c22-18-8-4-5-9-19(18)24-21(26)17-12-10-15(11-13-17)14-23-20(25)16-6-2-1-3-7-16;/h1-13H,14,22H2,(H,23,25)(H,24,26);1H. The van der Waals surface area contributed by atoms with Crippen LogP contribution in [0, 0.1) is 0 Å². The van der Waals surface area contributed by atoms with Crippen molar-refractivity contribution in [2.45, 2.75) is 6.54 Å². The summed E-state index contributed by atoms with van der Waals surface area (Å²) in [4.78, 5) is 24.3. The summed E-state index contributed by atoms with van der Waals surface area (Å²) < 4.78 is 0. The Hall–Kier alpha value is -3.31. The van der Waals surface area contributed by atoms with E-state index in [1.165, 1.54) is 0 Å². The Balaban J connectivity index is 0.00000261. The highest BCUT2D eigenvalue weighted by Gasteiger charge is 2.08. The maximum Gasteiger partial charge on any atom is 0.255 e. The van der Waals surface area contributed by atoms with Gasteiger partial charge in [0.05, 0.1) is 11.4 Å². The molecule has 0 fully saturated rings. The van der Waals surface area contributed by atoms with Crippen LogP contribution in [0.5, 0.6) is 0 Å². The van der Waals surface area contributed by atoms with E-state index in [9.17, 15) is 9.59 Å². The molecular formula is C21H20ClN3O2. The number of para-hydroxylation sites is 2. The maximum absolute atomic E-state index is 12.3. The molecule has 3 rings (SSSR count). The minimum Gasteiger partial charge on any atom is -0.397 e. The van der Waals surface area contributed by atoms with Crippen LogP contribution in [0.1, 0.15) is 26.3 Å². The van der Waals surface area contributed by atoms with Crippen LogP contribution < -0.4 is 16.4 Å². The predicted molar refractivity (Wildman–Crippen MR) is 110 cm³/mol. The van der Waals surface area contributed by atoms with Crippen LogP contribution in [-0.2, 0) is 6.54 Å². The smallest absolute Gasteiger partial charge is 0.255 e. The van der Waals surface area contributed by atoms with E-state index in [4.69, 9.17) is 5.73 Å². The van der Waals surface area contributed by atoms with Crippen molar-refractivity contribution >= 4 is 35.6 Å². The molecule has 0 saturated carbocycles. The van der Waals surface area contributed by atoms with Crippen LogP contribution in [-0.4, -0.2) is 11.8 Å². The van der Waals surface area contributed by atoms with Gasteiger partial charge in [-0.15, -0.1) is 12.4 Å². The highest BCUT2D eigenvalue weighted by atomic mass is 35.5. The van der Waals surface area contributed by atoms with Crippen molar-refractivity contribution < 1.29 is 9.59 Å². The summed E-state index contributed by atoms with van der Waals surface area (Å²) >= 11 is 0. The van der Waals surface area contributed by atoms with Gasteiger partial charge in [0.25, 0.3) is 11.8 Å². The lowest BCUT2D eigenvalue weighted by Gasteiger charge is -2.09. The third kappa shape index (κ3) is 5.33. The number of rotatable bonds is 5.